The summed E-state index contributed by atoms with van der Waals surface area (Å²) in [7, 11) is -3.41. The van der Waals surface area contributed by atoms with Crippen molar-refractivity contribution in [2.45, 2.75) is 29.1 Å². The van der Waals surface area contributed by atoms with E-state index in [1.807, 2.05) is 0 Å². The molecule has 1 heterocycles. The summed E-state index contributed by atoms with van der Waals surface area (Å²) >= 11 is 6.85. The standard InChI is InChI=1S/C20H15ClF2N2O4S2/c21-17-10-24-20(30-17)25-19(26)18(29-16-8-3-12(22)9-15(16)23)11-1-4-13(5-2-11)31(27,28)14-6-7-14/h1-5,8-10,14,18H,6-7H2,(H,24,25,26). The van der Waals surface area contributed by atoms with Gasteiger partial charge in [0.1, 0.15) is 10.2 Å². The second-order valence-corrected chi connectivity index (χ2v) is 10.7. The summed E-state index contributed by atoms with van der Waals surface area (Å²) in [6.45, 7) is 0. The molecule has 1 N–H and O–H groups in total. The molecular weight excluding hydrogens is 470 g/mol. The first-order chi connectivity index (χ1) is 14.7. The molecule has 0 saturated heterocycles. The molecule has 11 heteroatoms. The number of hydrogen-bond donors (Lipinski definition) is 1. The topological polar surface area (TPSA) is 85.4 Å². The van der Waals surface area contributed by atoms with Gasteiger partial charge in [-0.15, -0.1) is 0 Å². The van der Waals surface area contributed by atoms with Gasteiger partial charge >= 0.3 is 0 Å². The first-order valence-corrected chi connectivity index (χ1v) is 11.9. The van der Waals surface area contributed by atoms with E-state index in [0.717, 1.165) is 23.5 Å². The lowest BCUT2D eigenvalue weighted by atomic mass is 10.1. The van der Waals surface area contributed by atoms with Crippen molar-refractivity contribution in [3.05, 3.63) is 70.2 Å². The maximum absolute atomic E-state index is 14.1. The normalized spacial score (nSPS) is 14.8. The van der Waals surface area contributed by atoms with E-state index in [1.54, 1.807) is 0 Å². The molecule has 1 fully saturated rings. The Bertz CT molecular complexity index is 1230. The van der Waals surface area contributed by atoms with E-state index in [2.05, 4.69) is 10.3 Å². The van der Waals surface area contributed by atoms with Crippen LogP contribution in [0, 0.1) is 11.6 Å². The Balaban J connectivity index is 1.64. The highest BCUT2D eigenvalue weighted by molar-refractivity contribution is 7.92. The van der Waals surface area contributed by atoms with E-state index in [4.69, 9.17) is 16.3 Å². The fourth-order valence-corrected chi connectivity index (χ4v) is 5.33. The maximum atomic E-state index is 14.1. The van der Waals surface area contributed by atoms with Gasteiger partial charge in [-0.2, -0.15) is 0 Å². The summed E-state index contributed by atoms with van der Waals surface area (Å²) in [5.74, 6) is -2.80. The molecule has 0 spiro atoms. The number of anilines is 1. The zero-order valence-corrected chi connectivity index (χ0v) is 18.1. The van der Waals surface area contributed by atoms with Crippen LogP contribution in [0.15, 0.2) is 53.6 Å². The van der Waals surface area contributed by atoms with Crippen LogP contribution in [-0.4, -0.2) is 24.6 Å². The van der Waals surface area contributed by atoms with Crippen molar-refractivity contribution >= 4 is 43.8 Å². The van der Waals surface area contributed by atoms with Gasteiger partial charge in [0.05, 0.1) is 16.3 Å². The summed E-state index contributed by atoms with van der Waals surface area (Å²) < 4.78 is 58.1. The van der Waals surface area contributed by atoms with Gasteiger partial charge < -0.3 is 4.74 Å². The minimum absolute atomic E-state index is 0.137. The molecular formula is C20H15ClF2N2O4S2. The van der Waals surface area contributed by atoms with E-state index in [9.17, 15) is 22.0 Å². The van der Waals surface area contributed by atoms with Crippen molar-refractivity contribution in [1.82, 2.24) is 4.98 Å². The third kappa shape index (κ3) is 4.86. The lowest BCUT2D eigenvalue weighted by molar-refractivity contribution is -0.123. The van der Waals surface area contributed by atoms with Crippen LogP contribution < -0.4 is 10.1 Å². The Kier molecular flexibility index (Phi) is 5.96. The van der Waals surface area contributed by atoms with E-state index < -0.39 is 33.5 Å². The second kappa shape index (κ2) is 8.52. The van der Waals surface area contributed by atoms with Crippen molar-refractivity contribution in [3.8, 4) is 5.75 Å². The van der Waals surface area contributed by atoms with Crippen molar-refractivity contribution in [3.63, 3.8) is 0 Å². The average Bonchev–Trinajstić information content (AvgIpc) is 3.51. The Morgan fingerprint density at radius 1 is 1.19 bits per heavy atom. The second-order valence-electron chi connectivity index (χ2n) is 6.84. The highest BCUT2D eigenvalue weighted by Gasteiger charge is 2.37. The Morgan fingerprint density at radius 3 is 2.48 bits per heavy atom. The van der Waals surface area contributed by atoms with Crippen LogP contribution in [-0.2, 0) is 14.6 Å². The molecule has 2 aromatic carbocycles. The van der Waals surface area contributed by atoms with Crippen molar-refractivity contribution < 1.29 is 26.7 Å². The zero-order valence-electron chi connectivity index (χ0n) is 15.7. The Labute approximate surface area is 185 Å². The van der Waals surface area contributed by atoms with Crippen molar-refractivity contribution in [2.75, 3.05) is 5.32 Å². The number of hydrogen-bond acceptors (Lipinski definition) is 6. The number of carbonyl (C=O) groups is 1. The zero-order chi connectivity index (χ0) is 22.2. The summed E-state index contributed by atoms with van der Waals surface area (Å²) in [6.07, 6.45) is 1.24. The number of benzene rings is 2. The number of nitrogens with one attached hydrogen (secondary N) is 1. The smallest absolute Gasteiger partial charge is 0.271 e. The Morgan fingerprint density at radius 2 is 1.90 bits per heavy atom. The van der Waals surface area contributed by atoms with Gasteiger partial charge in [0.15, 0.2) is 26.5 Å². The number of amides is 1. The molecule has 1 saturated carbocycles. The van der Waals surface area contributed by atoms with Crippen LogP contribution in [0.1, 0.15) is 24.5 Å². The summed E-state index contributed by atoms with van der Waals surface area (Å²) in [5.41, 5.74) is 0.277. The predicted octanol–water partition coefficient (Wildman–Crippen LogP) is 4.77. The van der Waals surface area contributed by atoms with E-state index in [0.29, 0.717) is 23.2 Å². The lowest BCUT2D eigenvalue weighted by Crippen LogP contribution is -2.26. The molecule has 0 bridgehead atoms. The van der Waals surface area contributed by atoms with Gasteiger partial charge in [-0.1, -0.05) is 35.1 Å². The minimum atomic E-state index is -3.41. The van der Waals surface area contributed by atoms with Crippen LogP contribution in [0.5, 0.6) is 5.75 Å². The predicted molar refractivity (Wildman–Crippen MR) is 112 cm³/mol. The van der Waals surface area contributed by atoms with Crippen LogP contribution in [0.2, 0.25) is 4.34 Å². The molecule has 6 nitrogen and oxygen atoms in total. The molecule has 1 unspecified atom stereocenters. The molecule has 3 aromatic rings. The molecule has 1 aliphatic carbocycles. The minimum Gasteiger partial charge on any atom is -0.473 e. The van der Waals surface area contributed by atoms with Gasteiger partial charge in [-0.25, -0.2) is 22.2 Å². The van der Waals surface area contributed by atoms with Gasteiger partial charge in [-0.3, -0.25) is 10.1 Å². The quantitative estimate of drug-likeness (QED) is 0.522. The van der Waals surface area contributed by atoms with E-state index in [-0.39, 0.29) is 26.6 Å². The lowest BCUT2D eigenvalue weighted by Gasteiger charge is -2.19. The molecule has 1 aliphatic rings. The number of halogens is 3. The SMILES string of the molecule is O=C(Nc1ncc(Cl)s1)C(Oc1ccc(F)cc1F)c1ccc(S(=O)(=O)C2CC2)cc1. The number of rotatable bonds is 7. The Hall–Kier alpha value is -2.56. The number of carbonyl (C=O) groups excluding carboxylic acids is 1. The monoisotopic (exact) mass is 484 g/mol. The number of thiazole rings is 1. The van der Waals surface area contributed by atoms with Crippen molar-refractivity contribution in [1.29, 1.82) is 0 Å². The number of nitrogens with zero attached hydrogens (tertiary/aromatic N) is 1. The first-order valence-electron chi connectivity index (χ1n) is 9.12. The number of sulfone groups is 1. The average molecular weight is 485 g/mol. The summed E-state index contributed by atoms with van der Waals surface area (Å²) in [5, 5.41) is 2.36. The highest BCUT2D eigenvalue weighted by atomic mass is 35.5. The maximum Gasteiger partial charge on any atom is 0.271 e. The fourth-order valence-electron chi connectivity index (χ4n) is 2.86. The molecule has 31 heavy (non-hydrogen) atoms. The molecule has 162 valence electrons. The fraction of sp³-hybridized carbons (Fsp3) is 0.200. The third-order valence-corrected chi connectivity index (χ3v) is 7.87. The van der Waals surface area contributed by atoms with Crippen LogP contribution in [0.25, 0.3) is 0 Å². The van der Waals surface area contributed by atoms with Crippen LogP contribution in [0.3, 0.4) is 0 Å². The molecule has 4 rings (SSSR count). The van der Waals surface area contributed by atoms with Crippen LogP contribution in [0.4, 0.5) is 13.9 Å². The van der Waals surface area contributed by atoms with E-state index in [1.165, 1.54) is 30.5 Å². The van der Waals surface area contributed by atoms with Gasteiger partial charge in [0.25, 0.3) is 5.91 Å². The van der Waals surface area contributed by atoms with Crippen molar-refractivity contribution in [2.24, 2.45) is 0 Å². The molecule has 1 atom stereocenters. The number of aromatic nitrogens is 1. The molecule has 0 aliphatic heterocycles. The van der Waals surface area contributed by atoms with Gasteiger partial charge in [0, 0.05) is 11.6 Å². The summed E-state index contributed by atoms with van der Waals surface area (Å²) in [6, 6.07) is 8.32. The van der Waals surface area contributed by atoms with Gasteiger partial charge in [-0.05, 0) is 37.1 Å². The third-order valence-electron chi connectivity index (χ3n) is 4.56. The molecule has 1 amide bonds. The largest absolute Gasteiger partial charge is 0.473 e. The van der Waals surface area contributed by atoms with Crippen LogP contribution >= 0.6 is 22.9 Å². The van der Waals surface area contributed by atoms with Gasteiger partial charge in [0.2, 0.25) is 6.10 Å². The van der Waals surface area contributed by atoms with E-state index >= 15 is 0 Å². The molecule has 0 radical (unpaired) electrons. The highest BCUT2D eigenvalue weighted by Crippen LogP contribution is 2.34. The number of ether oxygens (including phenoxy) is 1. The molecule has 1 aromatic heterocycles. The summed E-state index contributed by atoms with van der Waals surface area (Å²) in [4.78, 5) is 17.0. The first kappa shape index (κ1) is 21.7.